The summed E-state index contributed by atoms with van der Waals surface area (Å²) in [5, 5.41) is 9.52. The summed E-state index contributed by atoms with van der Waals surface area (Å²) in [6.07, 6.45) is 0.865. The number of rotatable bonds is 5. The van der Waals surface area contributed by atoms with Crippen LogP contribution in [-0.4, -0.2) is 30.1 Å². The molecule has 3 rings (SSSR count). The second-order valence-corrected chi connectivity index (χ2v) is 6.05. The van der Waals surface area contributed by atoms with Gasteiger partial charge in [0, 0.05) is 19.5 Å². The van der Waals surface area contributed by atoms with Crippen LogP contribution in [0.1, 0.15) is 23.5 Å². The van der Waals surface area contributed by atoms with Crippen LogP contribution in [0.2, 0.25) is 0 Å². The number of hydrogen-bond donors (Lipinski definition) is 1. The van der Waals surface area contributed by atoms with E-state index in [9.17, 15) is 9.90 Å². The maximum atomic E-state index is 12.6. The van der Waals surface area contributed by atoms with E-state index in [1.807, 2.05) is 37.4 Å². The lowest BCUT2D eigenvalue weighted by atomic mass is 10.1. The number of ether oxygens (including phenoxy) is 1. The van der Waals surface area contributed by atoms with Gasteiger partial charge in [0.25, 0.3) is 0 Å². The van der Waals surface area contributed by atoms with E-state index >= 15 is 0 Å². The van der Waals surface area contributed by atoms with Crippen molar-refractivity contribution in [2.75, 3.05) is 14.2 Å². The van der Waals surface area contributed by atoms with E-state index in [0.717, 1.165) is 23.3 Å². The van der Waals surface area contributed by atoms with Crippen molar-refractivity contribution in [2.24, 2.45) is 5.92 Å². The lowest BCUT2D eigenvalue weighted by Gasteiger charge is -2.18. The SMILES string of the molecule is COc1ccccc1[C@H]1C[C@H]1C(=O)N(C)Cc1cccc(O)c1. The number of phenols is 1. The minimum Gasteiger partial charge on any atom is -0.508 e. The molecule has 1 saturated carbocycles. The molecule has 0 aromatic heterocycles. The molecule has 0 saturated heterocycles. The first kappa shape index (κ1) is 15.4. The Morgan fingerprint density at radius 3 is 2.78 bits per heavy atom. The molecule has 1 aliphatic carbocycles. The summed E-state index contributed by atoms with van der Waals surface area (Å²) < 4.78 is 5.39. The molecular formula is C19H21NO3. The van der Waals surface area contributed by atoms with Crippen LogP contribution in [0.25, 0.3) is 0 Å². The average Bonchev–Trinajstić information content (AvgIpc) is 3.34. The molecule has 2 atom stereocenters. The Bertz CT molecular complexity index is 713. The lowest BCUT2D eigenvalue weighted by molar-refractivity contribution is -0.131. The highest BCUT2D eigenvalue weighted by molar-refractivity contribution is 5.83. The van der Waals surface area contributed by atoms with Gasteiger partial charge in [-0.1, -0.05) is 30.3 Å². The Morgan fingerprint density at radius 2 is 2.04 bits per heavy atom. The summed E-state index contributed by atoms with van der Waals surface area (Å²) in [5.41, 5.74) is 2.04. The highest BCUT2D eigenvalue weighted by atomic mass is 16.5. The first-order chi connectivity index (χ1) is 11.1. The van der Waals surface area contributed by atoms with Crippen molar-refractivity contribution < 1.29 is 14.6 Å². The van der Waals surface area contributed by atoms with Crippen LogP contribution in [0.3, 0.4) is 0 Å². The van der Waals surface area contributed by atoms with Gasteiger partial charge in [-0.15, -0.1) is 0 Å². The van der Waals surface area contributed by atoms with Crippen molar-refractivity contribution in [3.8, 4) is 11.5 Å². The molecule has 1 aliphatic rings. The van der Waals surface area contributed by atoms with Gasteiger partial charge in [0.2, 0.25) is 5.91 Å². The molecule has 0 bridgehead atoms. The van der Waals surface area contributed by atoms with Crippen LogP contribution in [0.4, 0.5) is 0 Å². The molecule has 2 aromatic carbocycles. The van der Waals surface area contributed by atoms with Crippen molar-refractivity contribution in [3.05, 3.63) is 59.7 Å². The fourth-order valence-electron chi connectivity index (χ4n) is 3.07. The predicted octanol–water partition coefficient (Wildman–Crippen LogP) is 3.16. The third-order valence-electron chi connectivity index (χ3n) is 4.35. The van der Waals surface area contributed by atoms with Crippen LogP contribution in [0, 0.1) is 5.92 Å². The van der Waals surface area contributed by atoms with E-state index in [0.29, 0.717) is 6.54 Å². The summed E-state index contributed by atoms with van der Waals surface area (Å²) in [5.74, 6) is 1.48. The number of aromatic hydroxyl groups is 1. The van der Waals surface area contributed by atoms with E-state index in [1.165, 1.54) is 0 Å². The van der Waals surface area contributed by atoms with Gasteiger partial charge in [-0.3, -0.25) is 4.79 Å². The Kier molecular flexibility index (Phi) is 4.24. The Balaban J connectivity index is 1.65. The van der Waals surface area contributed by atoms with Crippen molar-refractivity contribution in [2.45, 2.75) is 18.9 Å². The maximum Gasteiger partial charge on any atom is 0.226 e. The number of carbonyl (C=O) groups is 1. The van der Waals surface area contributed by atoms with Gasteiger partial charge in [0.15, 0.2) is 0 Å². The summed E-state index contributed by atoms with van der Waals surface area (Å²) in [4.78, 5) is 14.3. The molecule has 2 aromatic rings. The number of amides is 1. The van der Waals surface area contributed by atoms with Crippen LogP contribution in [-0.2, 0) is 11.3 Å². The first-order valence-electron chi connectivity index (χ1n) is 7.76. The number of para-hydroxylation sites is 1. The number of carbonyl (C=O) groups excluding carboxylic acids is 1. The number of nitrogens with zero attached hydrogens (tertiary/aromatic N) is 1. The fraction of sp³-hybridized carbons (Fsp3) is 0.316. The zero-order valence-corrected chi connectivity index (χ0v) is 13.4. The van der Waals surface area contributed by atoms with Gasteiger partial charge in [0.1, 0.15) is 11.5 Å². The molecule has 23 heavy (non-hydrogen) atoms. The Labute approximate surface area is 136 Å². The average molecular weight is 311 g/mol. The Hall–Kier alpha value is -2.49. The summed E-state index contributed by atoms with van der Waals surface area (Å²) in [6, 6.07) is 14.9. The smallest absolute Gasteiger partial charge is 0.226 e. The predicted molar refractivity (Wildman–Crippen MR) is 88.4 cm³/mol. The number of hydrogen-bond acceptors (Lipinski definition) is 3. The van der Waals surface area contributed by atoms with Gasteiger partial charge in [-0.2, -0.15) is 0 Å². The van der Waals surface area contributed by atoms with Crippen molar-refractivity contribution in [3.63, 3.8) is 0 Å². The number of phenolic OH excluding ortho intramolecular Hbond substituents is 1. The maximum absolute atomic E-state index is 12.6. The van der Waals surface area contributed by atoms with E-state index < -0.39 is 0 Å². The van der Waals surface area contributed by atoms with Gasteiger partial charge in [-0.25, -0.2) is 0 Å². The molecule has 120 valence electrons. The largest absolute Gasteiger partial charge is 0.508 e. The fourth-order valence-corrected chi connectivity index (χ4v) is 3.07. The molecule has 1 fully saturated rings. The van der Waals surface area contributed by atoms with Gasteiger partial charge in [-0.05, 0) is 41.7 Å². The highest BCUT2D eigenvalue weighted by Gasteiger charge is 2.46. The minimum atomic E-state index is 0.0219. The highest BCUT2D eigenvalue weighted by Crippen LogP contribution is 2.51. The van der Waals surface area contributed by atoms with Crippen molar-refractivity contribution >= 4 is 5.91 Å². The van der Waals surface area contributed by atoms with Crippen molar-refractivity contribution in [1.29, 1.82) is 0 Å². The van der Waals surface area contributed by atoms with Crippen LogP contribution in [0.15, 0.2) is 48.5 Å². The first-order valence-corrected chi connectivity index (χ1v) is 7.76. The molecule has 1 N–H and O–H groups in total. The summed E-state index contributed by atoms with van der Waals surface area (Å²) in [6.45, 7) is 0.502. The third-order valence-corrected chi connectivity index (χ3v) is 4.35. The zero-order valence-electron chi connectivity index (χ0n) is 13.4. The second kappa shape index (κ2) is 6.32. The van der Waals surface area contributed by atoms with E-state index in [2.05, 4.69) is 0 Å². The molecule has 0 radical (unpaired) electrons. The zero-order chi connectivity index (χ0) is 16.4. The quantitative estimate of drug-likeness (QED) is 0.923. The summed E-state index contributed by atoms with van der Waals surface area (Å²) >= 11 is 0. The number of methoxy groups -OCH3 is 1. The normalized spacial score (nSPS) is 19.2. The third kappa shape index (κ3) is 3.31. The monoisotopic (exact) mass is 311 g/mol. The number of benzene rings is 2. The van der Waals surface area contributed by atoms with Crippen LogP contribution < -0.4 is 4.74 Å². The molecule has 4 nitrogen and oxygen atoms in total. The molecule has 0 heterocycles. The lowest BCUT2D eigenvalue weighted by Crippen LogP contribution is -2.28. The standard InChI is InChI=1S/C19H21NO3/c1-20(12-13-6-5-7-14(21)10-13)19(22)17-11-16(17)15-8-3-4-9-18(15)23-2/h3-10,16-17,21H,11-12H2,1-2H3/t16-,17-/m1/s1. The van der Waals surface area contributed by atoms with E-state index in [-0.39, 0.29) is 23.5 Å². The molecule has 1 amide bonds. The Morgan fingerprint density at radius 1 is 1.26 bits per heavy atom. The van der Waals surface area contributed by atoms with Crippen LogP contribution >= 0.6 is 0 Å². The molecular weight excluding hydrogens is 290 g/mol. The topological polar surface area (TPSA) is 49.8 Å². The van der Waals surface area contributed by atoms with E-state index in [1.54, 1.807) is 30.2 Å². The van der Waals surface area contributed by atoms with Gasteiger partial charge >= 0.3 is 0 Å². The molecule has 0 unspecified atom stereocenters. The van der Waals surface area contributed by atoms with Gasteiger partial charge < -0.3 is 14.7 Å². The van der Waals surface area contributed by atoms with E-state index in [4.69, 9.17) is 4.74 Å². The van der Waals surface area contributed by atoms with Crippen molar-refractivity contribution in [1.82, 2.24) is 4.90 Å². The van der Waals surface area contributed by atoms with Crippen LogP contribution in [0.5, 0.6) is 11.5 Å². The molecule has 4 heteroatoms. The second-order valence-electron chi connectivity index (χ2n) is 6.05. The van der Waals surface area contributed by atoms with Gasteiger partial charge in [0.05, 0.1) is 7.11 Å². The molecule has 0 spiro atoms. The minimum absolute atomic E-state index is 0.0219. The molecule has 0 aliphatic heterocycles. The summed E-state index contributed by atoms with van der Waals surface area (Å²) in [7, 11) is 3.47.